The van der Waals surface area contributed by atoms with E-state index < -0.39 is 17.8 Å². The minimum Gasteiger partial charge on any atom is -0.306 e. The summed E-state index contributed by atoms with van der Waals surface area (Å²) in [6.45, 7) is 0. The first-order valence-corrected chi connectivity index (χ1v) is 3.02. The molecule has 60 valence electrons. The molecule has 0 saturated heterocycles. The Hall–Kier alpha value is -0.970. The molecule has 0 atom stereocenters. The van der Waals surface area contributed by atoms with Gasteiger partial charge in [0.15, 0.2) is 5.82 Å². The fourth-order valence-electron chi connectivity index (χ4n) is 0.549. The highest BCUT2D eigenvalue weighted by Crippen LogP contribution is 2.13. The average molecular weight is 181 g/mol. The van der Waals surface area contributed by atoms with E-state index in [9.17, 15) is 13.6 Å². The van der Waals surface area contributed by atoms with Crippen molar-refractivity contribution in [3.63, 3.8) is 0 Å². The van der Waals surface area contributed by atoms with Crippen molar-refractivity contribution >= 4 is 11.6 Å². The summed E-state index contributed by atoms with van der Waals surface area (Å²) in [6.07, 6.45) is -2.80. The molecule has 1 aromatic rings. The summed E-state index contributed by atoms with van der Waals surface area (Å²) in [4.78, 5) is 15.5. The molecule has 3 nitrogen and oxygen atoms in total. The maximum absolute atomic E-state index is 11.8. The predicted molar refractivity (Wildman–Crippen MR) is 34.8 cm³/mol. The van der Waals surface area contributed by atoms with Crippen molar-refractivity contribution in [2.75, 3.05) is 0 Å². The third-order valence-electron chi connectivity index (χ3n) is 0.935. The average Bonchev–Trinajstić information content (AvgIpc) is 1.85. The van der Waals surface area contributed by atoms with Crippen molar-refractivity contribution in [1.29, 1.82) is 0 Å². The quantitative estimate of drug-likeness (QED) is 0.664. The number of alkyl halides is 2. The molecule has 1 heterocycles. The van der Waals surface area contributed by atoms with Gasteiger partial charge in [-0.25, -0.2) is 13.8 Å². The molecule has 0 spiro atoms. The van der Waals surface area contributed by atoms with Gasteiger partial charge in [0.2, 0.25) is 0 Å². The number of H-pyrrole nitrogens is 1. The lowest BCUT2D eigenvalue weighted by Crippen LogP contribution is -2.09. The summed E-state index contributed by atoms with van der Waals surface area (Å²) in [5.41, 5.74) is -0.680. The van der Waals surface area contributed by atoms with E-state index in [4.69, 9.17) is 11.6 Å². The summed E-state index contributed by atoms with van der Waals surface area (Å²) in [5.74, 6) is -0.706. The summed E-state index contributed by atoms with van der Waals surface area (Å²) >= 11 is 5.23. The van der Waals surface area contributed by atoms with Gasteiger partial charge in [0.05, 0.1) is 0 Å². The van der Waals surface area contributed by atoms with E-state index >= 15 is 0 Å². The van der Waals surface area contributed by atoms with E-state index in [-0.39, 0.29) is 5.15 Å². The summed E-state index contributed by atoms with van der Waals surface area (Å²) in [7, 11) is 0. The van der Waals surface area contributed by atoms with Crippen LogP contribution in [0.4, 0.5) is 8.78 Å². The van der Waals surface area contributed by atoms with E-state index in [1.54, 1.807) is 0 Å². The SMILES string of the molecule is O=c1cc(Cl)nc(C(F)F)[nH]1. The van der Waals surface area contributed by atoms with Crippen LogP contribution in [0.2, 0.25) is 5.15 Å². The minimum atomic E-state index is -2.80. The van der Waals surface area contributed by atoms with Gasteiger partial charge in [-0.3, -0.25) is 4.79 Å². The molecule has 0 radical (unpaired) electrons. The Kier molecular flexibility index (Phi) is 2.19. The zero-order valence-corrected chi connectivity index (χ0v) is 5.90. The monoisotopic (exact) mass is 180 g/mol. The van der Waals surface area contributed by atoms with Crippen LogP contribution >= 0.6 is 11.6 Å². The molecule has 11 heavy (non-hydrogen) atoms. The fourth-order valence-corrected chi connectivity index (χ4v) is 0.739. The van der Waals surface area contributed by atoms with Crippen LogP contribution in [-0.2, 0) is 0 Å². The van der Waals surface area contributed by atoms with Gasteiger partial charge in [-0.05, 0) is 0 Å². The third-order valence-corrected chi connectivity index (χ3v) is 1.13. The molecule has 0 bridgehead atoms. The maximum Gasteiger partial charge on any atom is 0.295 e. The molecule has 0 fully saturated rings. The van der Waals surface area contributed by atoms with Crippen LogP contribution in [0.5, 0.6) is 0 Å². The van der Waals surface area contributed by atoms with Gasteiger partial charge in [0.25, 0.3) is 12.0 Å². The van der Waals surface area contributed by atoms with Gasteiger partial charge >= 0.3 is 0 Å². The van der Waals surface area contributed by atoms with Crippen LogP contribution in [0.1, 0.15) is 12.2 Å². The van der Waals surface area contributed by atoms with Crippen LogP contribution < -0.4 is 5.56 Å². The van der Waals surface area contributed by atoms with E-state index in [0.717, 1.165) is 6.07 Å². The lowest BCUT2D eigenvalue weighted by Gasteiger charge is -1.96. The van der Waals surface area contributed by atoms with Gasteiger partial charge in [0.1, 0.15) is 5.15 Å². The Balaban J connectivity index is 3.19. The second-order valence-corrected chi connectivity index (χ2v) is 2.14. The number of nitrogens with zero attached hydrogens (tertiary/aromatic N) is 1. The van der Waals surface area contributed by atoms with Crippen LogP contribution in [-0.4, -0.2) is 9.97 Å². The predicted octanol–water partition coefficient (Wildman–Crippen LogP) is 1.36. The first-order valence-electron chi connectivity index (χ1n) is 2.64. The number of aromatic amines is 1. The number of aromatic nitrogens is 2. The Bertz CT molecular complexity index is 312. The molecule has 1 N–H and O–H groups in total. The fraction of sp³-hybridized carbons (Fsp3) is 0.200. The van der Waals surface area contributed by atoms with Crippen molar-refractivity contribution < 1.29 is 8.78 Å². The van der Waals surface area contributed by atoms with Gasteiger partial charge in [0, 0.05) is 6.07 Å². The first kappa shape index (κ1) is 8.13. The van der Waals surface area contributed by atoms with Gasteiger partial charge < -0.3 is 4.98 Å². The number of rotatable bonds is 1. The third kappa shape index (κ3) is 1.98. The lowest BCUT2D eigenvalue weighted by molar-refractivity contribution is 0.140. The van der Waals surface area contributed by atoms with Crippen molar-refractivity contribution in [2.24, 2.45) is 0 Å². The van der Waals surface area contributed by atoms with E-state index in [2.05, 4.69) is 4.98 Å². The molecule has 0 unspecified atom stereocenters. The lowest BCUT2D eigenvalue weighted by atomic mass is 10.6. The van der Waals surface area contributed by atoms with Crippen LogP contribution in [0.15, 0.2) is 10.9 Å². The smallest absolute Gasteiger partial charge is 0.295 e. The minimum absolute atomic E-state index is 0.232. The summed E-state index contributed by atoms with van der Waals surface area (Å²) in [5, 5.41) is -0.232. The zero-order chi connectivity index (χ0) is 8.43. The Morgan fingerprint density at radius 1 is 1.64 bits per heavy atom. The standard InChI is InChI=1S/C5H3ClF2N2O/c6-2-1-3(11)10-5(9-2)4(7)8/h1,4H,(H,9,10,11). The summed E-state index contributed by atoms with van der Waals surface area (Å²) < 4.78 is 23.7. The van der Waals surface area contributed by atoms with Crippen LogP contribution in [0, 0.1) is 0 Å². The zero-order valence-electron chi connectivity index (χ0n) is 5.14. The maximum atomic E-state index is 11.8. The number of nitrogens with one attached hydrogen (secondary N) is 1. The van der Waals surface area contributed by atoms with Crippen molar-refractivity contribution in [2.45, 2.75) is 6.43 Å². The number of halogens is 3. The van der Waals surface area contributed by atoms with Gasteiger partial charge in [-0.1, -0.05) is 11.6 Å². The normalized spacial score (nSPS) is 10.5. The van der Waals surface area contributed by atoms with Gasteiger partial charge in [-0.15, -0.1) is 0 Å². The Morgan fingerprint density at radius 2 is 2.27 bits per heavy atom. The highest BCUT2D eigenvalue weighted by atomic mass is 35.5. The number of hydrogen-bond donors (Lipinski definition) is 1. The molecule has 1 aromatic heterocycles. The molecule has 1 rings (SSSR count). The van der Waals surface area contributed by atoms with Crippen LogP contribution in [0.3, 0.4) is 0 Å². The molecule has 0 aliphatic rings. The second kappa shape index (κ2) is 2.96. The van der Waals surface area contributed by atoms with Crippen molar-refractivity contribution in [3.8, 4) is 0 Å². The molecule has 0 aromatic carbocycles. The molecule has 6 heteroatoms. The van der Waals surface area contributed by atoms with E-state index in [1.165, 1.54) is 0 Å². The van der Waals surface area contributed by atoms with Crippen molar-refractivity contribution in [1.82, 2.24) is 9.97 Å². The molecule has 0 aliphatic heterocycles. The molecule has 0 aliphatic carbocycles. The highest BCUT2D eigenvalue weighted by molar-refractivity contribution is 6.29. The summed E-state index contributed by atoms with van der Waals surface area (Å²) in [6, 6.07) is 0.924. The topological polar surface area (TPSA) is 45.8 Å². The molecular formula is C5H3ClF2N2O. The molecule has 0 saturated carbocycles. The van der Waals surface area contributed by atoms with E-state index in [0.29, 0.717) is 0 Å². The van der Waals surface area contributed by atoms with Crippen molar-refractivity contribution in [3.05, 3.63) is 27.4 Å². The second-order valence-electron chi connectivity index (χ2n) is 1.75. The molecular weight excluding hydrogens is 178 g/mol. The van der Waals surface area contributed by atoms with Crippen LogP contribution in [0.25, 0.3) is 0 Å². The van der Waals surface area contributed by atoms with Gasteiger partial charge in [-0.2, -0.15) is 0 Å². The number of hydrogen-bond acceptors (Lipinski definition) is 2. The first-order chi connectivity index (χ1) is 5.09. The van der Waals surface area contributed by atoms with E-state index in [1.807, 2.05) is 4.98 Å². The largest absolute Gasteiger partial charge is 0.306 e. The highest BCUT2D eigenvalue weighted by Gasteiger charge is 2.10. The Labute approximate surface area is 65.0 Å². The Morgan fingerprint density at radius 3 is 2.73 bits per heavy atom. The molecule has 0 amide bonds.